The lowest BCUT2D eigenvalue weighted by Crippen LogP contribution is -2.56. The molecule has 2 aromatic heterocycles. The summed E-state index contributed by atoms with van der Waals surface area (Å²) in [5.41, 5.74) is 7.32. The Kier molecular flexibility index (Phi) is 5.86. The predicted octanol–water partition coefficient (Wildman–Crippen LogP) is 0.975. The monoisotopic (exact) mass is 402 g/mol. The van der Waals surface area contributed by atoms with E-state index in [-0.39, 0.29) is 36.0 Å². The number of likely N-dealkylation sites (N-methyl/N-ethyl adjacent to an activating group) is 1. The lowest BCUT2D eigenvalue weighted by atomic mass is 10.0. The van der Waals surface area contributed by atoms with Crippen LogP contribution in [0.25, 0.3) is 11.4 Å². The number of halogens is 1. The number of amides is 2. The van der Waals surface area contributed by atoms with Gasteiger partial charge in [0.2, 0.25) is 11.8 Å². The Morgan fingerprint density at radius 3 is 2.79 bits per heavy atom. The van der Waals surface area contributed by atoms with Crippen LogP contribution in [-0.4, -0.2) is 58.0 Å². The normalized spacial score (nSPS) is 19.1. The minimum Gasteiger partial charge on any atom is -0.384 e. The van der Waals surface area contributed by atoms with E-state index in [4.69, 9.17) is 22.1 Å². The maximum absolute atomic E-state index is 12.6. The summed E-state index contributed by atoms with van der Waals surface area (Å²) in [6.45, 7) is 3.82. The van der Waals surface area contributed by atoms with Crippen LogP contribution in [0.5, 0.6) is 0 Å². The number of aromatic nitrogens is 3. The number of anilines is 1. The van der Waals surface area contributed by atoms with Gasteiger partial charge in [-0.2, -0.15) is 0 Å². The molecule has 0 bridgehead atoms. The average molecular weight is 403 g/mol. The van der Waals surface area contributed by atoms with Crippen molar-refractivity contribution in [3.8, 4) is 11.4 Å². The van der Waals surface area contributed by atoms with Crippen molar-refractivity contribution in [2.45, 2.75) is 12.1 Å². The van der Waals surface area contributed by atoms with E-state index in [9.17, 15) is 9.59 Å². The maximum Gasteiger partial charge on any atom is 0.247 e. The van der Waals surface area contributed by atoms with Gasteiger partial charge >= 0.3 is 0 Å². The first kappa shape index (κ1) is 19.7. The summed E-state index contributed by atoms with van der Waals surface area (Å²) in [7, 11) is 1.50. The number of morpholine rings is 1. The first-order valence-electron chi connectivity index (χ1n) is 8.44. The van der Waals surface area contributed by atoms with Gasteiger partial charge < -0.3 is 20.7 Å². The Hall–Kier alpha value is -3.04. The number of carbonyl (C=O) groups is 2. The van der Waals surface area contributed by atoms with Gasteiger partial charge in [-0.05, 0) is 23.8 Å². The molecule has 2 atom stereocenters. The van der Waals surface area contributed by atoms with Gasteiger partial charge in [-0.1, -0.05) is 18.2 Å². The summed E-state index contributed by atoms with van der Waals surface area (Å²) in [4.78, 5) is 38.6. The van der Waals surface area contributed by atoms with Gasteiger partial charge in [-0.15, -0.1) is 0 Å². The summed E-state index contributed by atoms with van der Waals surface area (Å²) in [5.74, 6) is -0.427. The van der Waals surface area contributed by atoms with E-state index in [0.29, 0.717) is 17.0 Å². The summed E-state index contributed by atoms with van der Waals surface area (Å²) in [6.07, 6.45) is 2.49. The molecule has 1 fully saturated rings. The number of nitrogens with one attached hydrogen (secondary N) is 1. The SMILES string of the molecule is C=CC(=O)N1[C@H](C(=O)NC)COC[C@H]1c1cc(Cl)nc(-c2cc(N)ncn2)c1. The molecular weight excluding hydrogens is 384 g/mol. The van der Waals surface area contributed by atoms with Gasteiger partial charge in [-0.25, -0.2) is 15.0 Å². The van der Waals surface area contributed by atoms with Crippen LogP contribution in [0.2, 0.25) is 5.15 Å². The van der Waals surface area contributed by atoms with Gasteiger partial charge in [0.1, 0.15) is 23.3 Å². The van der Waals surface area contributed by atoms with Crippen molar-refractivity contribution in [3.05, 3.63) is 47.9 Å². The lowest BCUT2D eigenvalue weighted by molar-refractivity contribution is -0.151. The molecule has 3 rings (SSSR count). The third-order valence-corrected chi connectivity index (χ3v) is 4.55. The number of ether oxygens (including phenoxy) is 1. The fourth-order valence-electron chi connectivity index (χ4n) is 3.06. The average Bonchev–Trinajstić information content (AvgIpc) is 2.71. The molecule has 28 heavy (non-hydrogen) atoms. The molecule has 146 valence electrons. The molecule has 0 unspecified atom stereocenters. The Labute approximate surface area is 166 Å². The van der Waals surface area contributed by atoms with Crippen molar-refractivity contribution in [2.75, 3.05) is 26.0 Å². The number of hydrogen-bond donors (Lipinski definition) is 2. The van der Waals surface area contributed by atoms with Crippen molar-refractivity contribution in [2.24, 2.45) is 0 Å². The molecule has 10 heteroatoms. The highest BCUT2D eigenvalue weighted by Gasteiger charge is 2.38. The highest BCUT2D eigenvalue weighted by atomic mass is 35.5. The zero-order valence-corrected chi connectivity index (χ0v) is 15.9. The Balaban J connectivity index is 2.06. The molecule has 0 saturated carbocycles. The molecule has 1 aliphatic heterocycles. The molecule has 3 heterocycles. The molecule has 2 aromatic rings. The molecule has 2 amide bonds. The number of rotatable bonds is 4. The smallest absolute Gasteiger partial charge is 0.247 e. The Morgan fingerprint density at radius 2 is 2.11 bits per heavy atom. The predicted molar refractivity (Wildman–Crippen MR) is 103 cm³/mol. The first-order valence-corrected chi connectivity index (χ1v) is 8.81. The fraction of sp³-hybridized carbons (Fsp3) is 0.278. The van der Waals surface area contributed by atoms with Crippen LogP contribution in [0, 0.1) is 0 Å². The van der Waals surface area contributed by atoms with Crippen LogP contribution in [0.4, 0.5) is 5.82 Å². The summed E-state index contributed by atoms with van der Waals surface area (Å²) >= 11 is 6.22. The molecule has 0 spiro atoms. The van der Waals surface area contributed by atoms with E-state index in [0.717, 1.165) is 0 Å². The third-order valence-electron chi connectivity index (χ3n) is 4.35. The van der Waals surface area contributed by atoms with Gasteiger partial charge in [0.05, 0.1) is 30.6 Å². The van der Waals surface area contributed by atoms with Gasteiger partial charge in [0.25, 0.3) is 0 Å². The number of carbonyl (C=O) groups excluding carboxylic acids is 2. The van der Waals surface area contributed by atoms with Crippen LogP contribution in [0.15, 0.2) is 37.2 Å². The van der Waals surface area contributed by atoms with E-state index in [1.54, 1.807) is 18.2 Å². The lowest BCUT2D eigenvalue weighted by Gasteiger charge is -2.40. The van der Waals surface area contributed by atoms with Gasteiger partial charge in [0.15, 0.2) is 0 Å². The van der Waals surface area contributed by atoms with Gasteiger partial charge in [-0.3, -0.25) is 9.59 Å². The largest absolute Gasteiger partial charge is 0.384 e. The topological polar surface area (TPSA) is 123 Å². The second kappa shape index (κ2) is 8.32. The molecule has 1 saturated heterocycles. The molecule has 0 radical (unpaired) electrons. The minimum atomic E-state index is -0.792. The van der Waals surface area contributed by atoms with Crippen LogP contribution in [-0.2, 0) is 14.3 Å². The summed E-state index contributed by atoms with van der Waals surface area (Å²) in [6, 6.07) is 3.58. The standard InChI is InChI=1S/C18H19ClN6O3/c1-3-17(26)25-13(7-28-8-14(25)18(27)21-2)10-4-12(24-15(19)5-10)11-6-16(20)23-9-22-11/h3-6,9,13-14H,1,7-8H2,2H3,(H,21,27)(H2,20,22,23)/t13-,14-/m0/s1. The number of nitrogens with two attached hydrogens (primary N) is 1. The number of hydrogen-bond acceptors (Lipinski definition) is 7. The van der Waals surface area contributed by atoms with Crippen molar-refractivity contribution in [1.82, 2.24) is 25.2 Å². The van der Waals surface area contributed by atoms with Crippen molar-refractivity contribution < 1.29 is 14.3 Å². The van der Waals surface area contributed by atoms with Crippen LogP contribution in [0.1, 0.15) is 11.6 Å². The number of pyridine rings is 1. The molecule has 1 aliphatic rings. The quantitative estimate of drug-likeness (QED) is 0.577. The summed E-state index contributed by atoms with van der Waals surface area (Å²) in [5, 5.41) is 2.76. The van der Waals surface area contributed by atoms with E-state index in [1.165, 1.54) is 24.4 Å². The highest BCUT2D eigenvalue weighted by Crippen LogP contribution is 2.31. The van der Waals surface area contributed by atoms with Crippen LogP contribution < -0.4 is 11.1 Å². The van der Waals surface area contributed by atoms with Gasteiger partial charge in [0, 0.05) is 13.1 Å². The molecular formula is C18H19ClN6O3. The first-order chi connectivity index (χ1) is 13.4. The number of nitrogens with zero attached hydrogens (tertiary/aromatic N) is 4. The molecule has 3 N–H and O–H groups in total. The second-order valence-corrected chi connectivity index (χ2v) is 6.46. The van der Waals surface area contributed by atoms with Crippen molar-refractivity contribution >= 4 is 29.2 Å². The van der Waals surface area contributed by atoms with Crippen molar-refractivity contribution in [1.29, 1.82) is 0 Å². The van der Waals surface area contributed by atoms with E-state index in [2.05, 4.69) is 26.8 Å². The zero-order chi connectivity index (χ0) is 20.3. The van der Waals surface area contributed by atoms with Crippen LogP contribution >= 0.6 is 11.6 Å². The van der Waals surface area contributed by atoms with Crippen LogP contribution in [0.3, 0.4) is 0 Å². The second-order valence-electron chi connectivity index (χ2n) is 6.07. The zero-order valence-electron chi connectivity index (χ0n) is 15.1. The molecule has 9 nitrogen and oxygen atoms in total. The van der Waals surface area contributed by atoms with Crippen molar-refractivity contribution in [3.63, 3.8) is 0 Å². The van der Waals surface area contributed by atoms with E-state index >= 15 is 0 Å². The fourth-order valence-corrected chi connectivity index (χ4v) is 3.28. The van der Waals surface area contributed by atoms with E-state index in [1.807, 2.05) is 0 Å². The summed E-state index contributed by atoms with van der Waals surface area (Å²) < 4.78 is 5.60. The van der Waals surface area contributed by atoms with E-state index < -0.39 is 12.1 Å². The number of nitrogen functional groups attached to an aromatic ring is 1. The Morgan fingerprint density at radius 1 is 1.32 bits per heavy atom. The molecule has 0 aromatic carbocycles. The minimum absolute atomic E-state index is 0.0872. The highest BCUT2D eigenvalue weighted by molar-refractivity contribution is 6.29. The third kappa shape index (κ3) is 3.95. The maximum atomic E-state index is 12.6. The Bertz CT molecular complexity index is 922. The molecule has 0 aliphatic carbocycles.